The lowest BCUT2D eigenvalue weighted by molar-refractivity contribution is 0.109. The molecule has 2 unspecified atom stereocenters. The average molecular weight is 223 g/mol. The fourth-order valence-electron chi connectivity index (χ4n) is 2.44. The molecule has 88 valence electrons. The first-order chi connectivity index (χ1) is 7.74. The summed E-state index contributed by atoms with van der Waals surface area (Å²) in [7, 11) is 1.74. The Morgan fingerprint density at radius 2 is 2.31 bits per heavy atom. The molecule has 1 aliphatic rings. The predicted molar refractivity (Wildman–Crippen MR) is 61.8 cm³/mol. The molecule has 16 heavy (non-hydrogen) atoms. The van der Waals surface area contributed by atoms with Gasteiger partial charge in [0.1, 0.15) is 5.82 Å². The van der Waals surface area contributed by atoms with Gasteiger partial charge in [0.2, 0.25) is 0 Å². The second kappa shape index (κ2) is 4.93. The molecule has 3 heteroatoms. The molecule has 0 saturated carbocycles. The van der Waals surface area contributed by atoms with Crippen LogP contribution < -0.4 is 0 Å². The van der Waals surface area contributed by atoms with Crippen molar-refractivity contribution in [2.45, 2.75) is 25.5 Å². The van der Waals surface area contributed by atoms with Crippen LogP contribution in [0.2, 0.25) is 0 Å². The van der Waals surface area contributed by atoms with Gasteiger partial charge in [0.05, 0.1) is 6.10 Å². The highest BCUT2D eigenvalue weighted by Gasteiger charge is 2.31. The number of hydrogen-bond donors (Lipinski definition) is 0. The van der Waals surface area contributed by atoms with Crippen molar-refractivity contribution < 1.29 is 9.13 Å². The molecule has 1 saturated heterocycles. The molecule has 0 amide bonds. The van der Waals surface area contributed by atoms with E-state index in [1.54, 1.807) is 19.2 Å². The quantitative estimate of drug-likeness (QED) is 0.781. The standard InChI is InChI=1S/C13H18FNO/c1-3-15-9-12(16-2)8-13(15)10-5-4-6-11(14)7-10/h4-7,12-13H,3,8-9H2,1-2H3. The first-order valence-electron chi connectivity index (χ1n) is 5.77. The summed E-state index contributed by atoms with van der Waals surface area (Å²) < 4.78 is 18.6. The Bertz CT molecular complexity index is 356. The first-order valence-corrected chi connectivity index (χ1v) is 5.77. The Morgan fingerprint density at radius 3 is 2.94 bits per heavy atom. The van der Waals surface area contributed by atoms with Crippen LogP contribution in [0.4, 0.5) is 4.39 Å². The number of likely N-dealkylation sites (N-methyl/N-ethyl adjacent to an activating group) is 1. The smallest absolute Gasteiger partial charge is 0.123 e. The molecular formula is C13H18FNO. The van der Waals surface area contributed by atoms with E-state index in [9.17, 15) is 4.39 Å². The highest BCUT2D eigenvalue weighted by atomic mass is 19.1. The summed E-state index contributed by atoms with van der Waals surface area (Å²) in [4.78, 5) is 2.34. The lowest BCUT2D eigenvalue weighted by Gasteiger charge is -2.22. The molecule has 1 aromatic rings. The van der Waals surface area contributed by atoms with Crippen LogP contribution >= 0.6 is 0 Å². The van der Waals surface area contributed by atoms with Crippen molar-refractivity contribution in [1.82, 2.24) is 4.90 Å². The summed E-state index contributed by atoms with van der Waals surface area (Å²) in [5.74, 6) is -0.158. The Kier molecular flexibility index (Phi) is 3.56. The van der Waals surface area contributed by atoms with Gasteiger partial charge in [0.25, 0.3) is 0 Å². The number of halogens is 1. The summed E-state index contributed by atoms with van der Waals surface area (Å²) in [6.45, 7) is 4.04. The first kappa shape index (κ1) is 11.6. The largest absolute Gasteiger partial charge is 0.380 e. The van der Waals surface area contributed by atoms with Crippen molar-refractivity contribution in [3.05, 3.63) is 35.6 Å². The minimum absolute atomic E-state index is 0.158. The van der Waals surface area contributed by atoms with E-state index in [1.165, 1.54) is 6.07 Å². The summed E-state index contributed by atoms with van der Waals surface area (Å²) >= 11 is 0. The van der Waals surface area contributed by atoms with Crippen molar-refractivity contribution in [1.29, 1.82) is 0 Å². The van der Waals surface area contributed by atoms with Crippen molar-refractivity contribution >= 4 is 0 Å². The lowest BCUT2D eigenvalue weighted by atomic mass is 10.0. The van der Waals surface area contributed by atoms with E-state index in [2.05, 4.69) is 11.8 Å². The molecular weight excluding hydrogens is 205 g/mol. The zero-order valence-electron chi connectivity index (χ0n) is 9.82. The second-order valence-electron chi connectivity index (χ2n) is 4.25. The van der Waals surface area contributed by atoms with Gasteiger partial charge in [0, 0.05) is 19.7 Å². The van der Waals surface area contributed by atoms with E-state index in [1.807, 2.05) is 6.07 Å². The molecule has 0 aromatic heterocycles. The van der Waals surface area contributed by atoms with Gasteiger partial charge in [-0.25, -0.2) is 4.39 Å². The van der Waals surface area contributed by atoms with Gasteiger partial charge in [-0.15, -0.1) is 0 Å². The van der Waals surface area contributed by atoms with Crippen LogP contribution in [-0.4, -0.2) is 31.2 Å². The zero-order chi connectivity index (χ0) is 11.5. The Labute approximate surface area is 96.0 Å². The zero-order valence-corrected chi connectivity index (χ0v) is 9.82. The Hall–Kier alpha value is -0.930. The molecule has 0 N–H and O–H groups in total. The molecule has 0 spiro atoms. The number of methoxy groups -OCH3 is 1. The Balaban J connectivity index is 2.19. The van der Waals surface area contributed by atoms with Crippen molar-refractivity contribution in [2.75, 3.05) is 20.2 Å². The number of rotatable bonds is 3. The molecule has 2 rings (SSSR count). The summed E-state index contributed by atoms with van der Waals surface area (Å²) in [5.41, 5.74) is 1.06. The van der Waals surface area contributed by atoms with Gasteiger partial charge in [0.15, 0.2) is 0 Å². The Morgan fingerprint density at radius 1 is 1.50 bits per heavy atom. The number of hydrogen-bond acceptors (Lipinski definition) is 2. The van der Waals surface area contributed by atoms with E-state index >= 15 is 0 Å². The predicted octanol–water partition coefficient (Wildman–Crippen LogP) is 2.61. The highest BCUT2D eigenvalue weighted by molar-refractivity contribution is 5.21. The molecule has 2 nitrogen and oxygen atoms in total. The number of benzene rings is 1. The van der Waals surface area contributed by atoms with E-state index in [-0.39, 0.29) is 11.9 Å². The van der Waals surface area contributed by atoms with Gasteiger partial charge in [-0.1, -0.05) is 19.1 Å². The molecule has 1 aliphatic heterocycles. The molecule has 2 atom stereocenters. The summed E-state index contributed by atoms with van der Waals surface area (Å²) in [6.07, 6.45) is 1.22. The average Bonchev–Trinajstić information content (AvgIpc) is 2.72. The van der Waals surface area contributed by atoms with Crippen LogP contribution in [0.3, 0.4) is 0 Å². The number of ether oxygens (including phenoxy) is 1. The van der Waals surface area contributed by atoms with Gasteiger partial charge in [-0.05, 0) is 30.7 Å². The third kappa shape index (κ3) is 2.25. The highest BCUT2D eigenvalue weighted by Crippen LogP contribution is 2.32. The van der Waals surface area contributed by atoms with Crippen molar-refractivity contribution in [2.24, 2.45) is 0 Å². The molecule has 0 aliphatic carbocycles. The van der Waals surface area contributed by atoms with Crippen LogP contribution in [0.15, 0.2) is 24.3 Å². The van der Waals surface area contributed by atoms with Gasteiger partial charge >= 0.3 is 0 Å². The lowest BCUT2D eigenvalue weighted by Crippen LogP contribution is -2.24. The van der Waals surface area contributed by atoms with E-state index in [0.717, 1.165) is 25.1 Å². The minimum Gasteiger partial charge on any atom is -0.380 e. The maximum absolute atomic E-state index is 13.2. The van der Waals surface area contributed by atoms with Crippen LogP contribution in [-0.2, 0) is 4.74 Å². The van der Waals surface area contributed by atoms with Crippen molar-refractivity contribution in [3.8, 4) is 0 Å². The SMILES string of the molecule is CCN1CC(OC)CC1c1cccc(F)c1. The molecule has 0 bridgehead atoms. The fourth-order valence-corrected chi connectivity index (χ4v) is 2.44. The minimum atomic E-state index is -0.158. The molecule has 1 aromatic carbocycles. The fraction of sp³-hybridized carbons (Fsp3) is 0.538. The summed E-state index contributed by atoms with van der Waals surface area (Å²) in [6, 6.07) is 7.19. The van der Waals surface area contributed by atoms with Crippen molar-refractivity contribution in [3.63, 3.8) is 0 Å². The van der Waals surface area contributed by atoms with Gasteiger partial charge < -0.3 is 4.74 Å². The molecule has 1 heterocycles. The maximum Gasteiger partial charge on any atom is 0.123 e. The number of likely N-dealkylation sites (tertiary alicyclic amines) is 1. The van der Waals surface area contributed by atoms with Crippen LogP contribution in [0.1, 0.15) is 24.9 Å². The van der Waals surface area contributed by atoms with Crippen LogP contribution in [0.25, 0.3) is 0 Å². The topological polar surface area (TPSA) is 12.5 Å². The monoisotopic (exact) mass is 223 g/mol. The second-order valence-corrected chi connectivity index (χ2v) is 4.25. The van der Waals surface area contributed by atoms with Gasteiger partial charge in [-0.3, -0.25) is 4.90 Å². The van der Waals surface area contributed by atoms with Crippen LogP contribution in [0.5, 0.6) is 0 Å². The summed E-state index contributed by atoms with van der Waals surface area (Å²) in [5, 5.41) is 0. The molecule has 0 radical (unpaired) electrons. The maximum atomic E-state index is 13.2. The third-order valence-corrected chi connectivity index (χ3v) is 3.34. The van der Waals surface area contributed by atoms with Crippen LogP contribution in [0, 0.1) is 5.82 Å². The normalized spacial score (nSPS) is 26.2. The van der Waals surface area contributed by atoms with Gasteiger partial charge in [-0.2, -0.15) is 0 Å². The number of nitrogens with zero attached hydrogens (tertiary/aromatic N) is 1. The van der Waals surface area contributed by atoms with E-state index in [0.29, 0.717) is 6.04 Å². The van der Waals surface area contributed by atoms with E-state index < -0.39 is 0 Å². The molecule has 1 fully saturated rings. The third-order valence-electron chi connectivity index (χ3n) is 3.34. The van der Waals surface area contributed by atoms with E-state index in [4.69, 9.17) is 4.74 Å².